The van der Waals surface area contributed by atoms with Crippen LogP contribution in [0.4, 0.5) is 13.9 Å². The fraction of sp³-hybridized carbons (Fsp3) is 0.556. The van der Waals surface area contributed by atoms with Gasteiger partial charge in [0.05, 0.1) is 5.69 Å². The summed E-state index contributed by atoms with van der Waals surface area (Å²) in [5.74, 6) is 1.59. The standard InChI is InChI=1S/C9H15F2N5S2/c10-7(11)3-14-8(13)16-9-15-6(5-18-9)4-17-2-1-12/h5,7H,1-4,12H2,(H3,13,14,15,16). The highest BCUT2D eigenvalue weighted by atomic mass is 32.2. The topological polar surface area (TPSA) is 89.3 Å². The monoisotopic (exact) mass is 295 g/mol. The van der Waals surface area contributed by atoms with E-state index in [2.05, 4.69) is 15.3 Å². The van der Waals surface area contributed by atoms with Crippen molar-refractivity contribution in [1.29, 1.82) is 0 Å². The molecule has 0 aromatic carbocycles. The summed E-state index contributed by atoms with van der Waals surface area (Å²) in [5, 5.41) is 5.11. The van der Waals surface area contributed by atoms with Gasteiger partial charge in [0.1, 0.15) is 6.54 Å². The maximum Gasteiger partial charge on any atom is 0.257 e. The summed E-state index contributed by atoms with van der Waals surface area (Å²) in [4.78, 5) is 7.73. The first-order valence-corrected chi connectivity index (χ1v) is 7.22. The molecule has 0 amide bonds. The lowest BCUT2D eigenvalue weighted by molar-refractivity contribution is 0.158. The number of alkyl halides is 2. The van der Waals surface area contributed by atoms with Gasteiger partial charge >= 0.3 is 0 Å². The highest BCUT2D eigenvalue weighted by molar-refractivity contribution is 7.98. The van der Waals surface area contributed by atoms with Crippen molar-refractivity contribution in [2.45, 2.75) is 12.2 Å². The predicted octanol–water partition coefficient (Wildman–Crippen LogP) is 1.33. The van der Waals surface area contributed by atoms with Crippen LogP contribution in [-0.2, 0) is 5.75 Å². The molecule has 0 bridgehead atoms. The van der Waals surface area contributed by atoms with Crippen molar-refractivity contribution in [1.82, 2.24) is 4.98 Å². The van der Waals surface area contributed by atoms with Crippen LogP contribution >= 0.6 is 23.1 Å². The molecule has 0 unspecified atom stereocenters. The van der Waals surface area contributed by atoms with Gasteiger partial charge in [0.25, 0.3) is 6.43 Å². The van der Waals surface area contributed by atoms with Crippen LogP contribution < -0.4 is 16.8 Å². The molecule has 1 heterocycles. The summed E-state index contributed by atoms with van der Waals surface area (Å²) < 4.78 is 23.8. The molecular formula is C9H15F2N5S2. The largest absolute Gasteiger partial charge is 0.370 e. The number of nitrogens with two attached hydrogens (primary N) is 2. The molecule has 1 aromatic rings. The number of guanidine groups is 1. The Labute approximate surface area is 112 Å². The van der Waals surface area contributed by atoms with Gasteiger partial charge in [-0.05, 0) is 0 Å². The minimum atomic E-state index is -2.50. The van der Waals surface area contributed by atoms with E-state index in [1.807, 2.05) is 5.38 Å². The number of hydrogen-bond donors (Lipinski definition) is 3. The lowest BCUT2D eigenvalue weighted by Crippen LogP contribution is -2.23. The fourth-order valence-corrected chi connectivity index (χ4v) is 2.50. The molecule has 0 aliphatic carbocycles. The third kappa shape index (κ3) is 6.12. The number of halogens is 2. The van der Waals surface area contributed by atoms with Crippen molar-refractivity contribution < 1.29 is 8.78 Å². The van der Waals surface area contributed by atoms with E-state index in [0.717, 1.165) is 17.2 Å². The zero-order valence-electron chi connectivity index (χ0n) is 9.60. The van der Waals surface area contributed by atoms with E-state index in [9.17, 15) is 8.78 Å². The zero-order valence-corrected chi connectivity index (χ0v) is 11.2. The minimum absolute atomic E-state index is 0.0502. The quantitative estimate of drug-likeness (QED) is 0.401. The molecule has 18 heavy (non-hydrogen) atoms. The van der Waals surface area contributed by atoms with Crippen LogP contribution in [0, 0.1) is 0 Å². The van der Waals surface area contributed by atoms with Crippen molar-refractivity contribution in [3.8, 4) is 0 Å². The molecule has 0 spiro atoms. The fourth-order valence-electron chi connectivity index (χ4n) is 1.01. The number of aliphatic imine (C=N–C) groups is 1. The number of thioether (sulfide) groups is 1. The predicted molar refractivity (Wildman–Crippen MR) is 73.4 cm³/mol. The number of anilines is 1. The first kappa shape index (κ1) is 15.1. The smallest absolute Gasteiger partial charge is 0.257 e. The number of rotatable bonds is 7. The molecule has 0 atom stereocenters. The van der Waals surface area contributed by atoms with Crippen LogP contribution in [0.1, 0.15) is 5.69 Å². The van der Waals surface area contributed by atoms with E-state index in [1.54, 1.807) is 11.8 Å². The van der Waals surface area contributed by atoms with Crippen molar-refractivity contribution in [2.75, 3.05) is 24.2 Å². The summed E-state index contributed by atoms with van der Waals surface area (Å²) in [7, 11) is 0. The summed E-state index contributed by atoms with van der Waals surface area (Å²) in [6.07, 6.45) is -2.50. The minimum Gasteiger partial charge on any atom is -0.370 e. The molecule has 5 nitrogen and oxygen atoms in total. The van der Waals surface area contributed by atoms with Crippen molar-refractivity contribution in [3.63, 3.8) is 0 Å². The van der Waals surface area contributed by atoms with Gasteiger partial charge in [-0.2, -0.15) is 11.8 Å². The Morgan fingerprint density at radius 2 is 2.39 bits per heavy atom. The molecule has 1 rings (SSSR count). The Morgan fingerprint density at radius 3 is 3.06 bits per heavy atom. The molecule has 0 saturated heterocycles. The van der Waals surface area contributed by atoms with Gasteiger partial charge in [-0.1, -0.05) is 0 Å². The van der Waals surface area contributed by atoms with E-state index < -0.39 is 13.0 Å². The molecule has 102 valence electrons. The maximum absolute atomic E-state index is 11.9. The molecule has 0 fully saturated rings. The number of nitrogens with zero attached hydrogens (tertiary/aromatic N) is 2. The number of hydrogen-bond acceptors (Lipinski definition) is 5. The Morgan fingerprint density at radius 1 is 1.61 bits per heavy atom. The van der Waals surface area contributed by atoms with E-state index in [0.29, 0.717) is 11.7 Å². The average molecular weight is 295 g/mol. The zero-order chi connectivity index (χ0) is 13.4. The van der Waals surface area contributed by atoms with E-state index in [4.69, 9.17) is 11.5 Å². The normalized spacial score (nSPS) is 12.1. The summed E-state index contributed by atoms with van der Waals surface area (Å²) in [6.45, 7) is 0.0244. The van der Waals surface area contributed by atoms with Gasteiger partial charge in [-0.15, -0.1) is 11.3 Å². The van der Waals surface area contributed by atoms with Gasteiger partial charge < -0.3 is 16.8 Å². The lowest BCUT2D eigenvalue weighted by Gasteiger charge is -2.01. The average Bonchev–Trinajstić information content (AvgIpc) is 2.74. The molecule has 0 aliphatic heterocycles. The van der Waals surface area contributed by atoms with Crippen LogP contribution in [0.2, 0.25) is 0 Å². The first-order chi connectivity index (χ1) is 8.61. The highest BCUT2D eigenvalue weighted by Gasteiger charge is 2.04. The van der Waals surface area contributed by atoms with E-state index in [-0.39, 0.29) is 5.96 Å². The van der Waals surface area contributed by atoms with Crippen LogP contribution in [0.25, 0.3) is 0 Å². The summed E-state index contributed by atoms with van der Waals surface area (Å²) >= 11 is 3.04. The second-order valence-corrected chi connectivity index (χ2v) is 5.19. The van der Waals surface area contributed by atoms with Crippen LogP contribution in [0.15, 0.2) is 10.4 Å². The lowest BCUT2D eigenvalue weighted by atomic mass is 10.6. The third-order valence-corrected chi connectivity index (χ3v) is 3.53. The van der Waals surface area contributed by atoms with Gasteiger partial charge in [0.15, 0.2) is 11.1 Å². The van der Waals surface area contributed by atoms with Gasteiger partial charge in [0, 0.05) is 23.4 Å². The number of thiazole rings is 1. The first-order valence-electron chi connectivity index (χ1n) is 5.19. The van der Waals surface area contributed by atoms with Crippen LogP contribution in [0.5, 0.6) is 0 Å². The molecule has 1 aromatic heterocycles. The summed E-state index contributed by atoms with van der Waals surface area (Å²) in [5.41, 5.74) is 11.7. The second kappa shape index (κ2) is 8.22. The van der Waals surface area contributed by atoms with Crippen molar-refractivity contribution >= 4 is 34.2 Å². The summed E-state index contributed by atoms with van der Waals surface area (Å²) in [6, 6.07) is 0. The van der Waals surface area contributed by atoms with E-state index in [1.165, 1.54) is 11.3 Å². The Balaban J connectivity index is 2.40. The molecule has 0 saturated carbocycles. The van der Waals surface area contributed by atoms with Gasteiger partial charge in [0.2, 0.25) is 0 Å². The Hall–Kier alpha value is -0.930. The van der Waals surface area contributed by atoms with E-state index >= 15 is 0 Å². The molecule has 5 N–H and O–H groups in total. The molecule has 0 radical (unpaired) electrons. The Kier molecular flexibility index (Phi) is 6.91. The van der Waals surface area contributed by atoms with Gasteiger partial charge in [-0.3, -0.25) is 0 Å². The number of aromatic nitrogens is 1. The number of nitrogens with one attached hydrogen (secondary N) is 1. The molecule has 0 aliphatic rings. The maximum atomic E-state index is 11.9. The Bertz CT molecular complexity index is 383. The molecule has 9 heteroatoms. The second-order valence-electron chi connectivity index (χ2n) is 3.23. The molecular weight excluding hydrogens is 280 g/mol. The van der Waals surface area contributed by atoms with Gasteiger partial charge in [-0.25, -0.2) is 18.8 Å². The highest BCUT2D eigenvalue weighted by Crippen LogP contribution is 2.19. The third-order valence-electron chi connectivity index (χ3n) is 1.70. The van der Waals surface area contributed by atoms with Crippen LogP contribution in [-0.4, -0.2) is 36.2 Å². The van der Waals surface area contributed by atoms with Crippen LogP contribution in [0.3, 0.4) is 0 Å². The SMILES string of the molecule is NCCSCc1csc(NC(N)=NCC(F)F)n1. The van der Waals surface area contributed by atoms with Crippen molar-refractivity contribution in [3.05, 3.63) is 11.1 Å². The van der Waals surface area contributed by atoms with Crippen molar-refractivity contribution in [2.24, 2.45) is 16.5 Å².